The predicted molar refractivity (Wildman–Crippen MR) is 71.3 cm³/mol. The molecule has 0 amide bonds. The van der Waals surface area contributed by atoms with E-state index in [1.54, 1.807) is 19.3 Å². The van der Waals surface area contributed by atoms with Crippen molar-refractivity contribution in [3.8, 4) is 0 Å². The summed E-state index contributed by atoms with van der Waals surface area (Å²) >= 11 is 5.81. The second-order valence-corrected chi connectivity index (χ2v) is 4.35. The molecular formula is C13H13ClN2O2. The highest BCUT2D eigenvalue weighted by molar-refractivity contribution is 6.30. The molecule has 0 radical (unpaired) electrons. The minimum Gasteiger partial charge on any atom is -0.346 e. The summed E-state index contributed by atoms with van der Waals surface area (Å²) in [5, 5.41) is 0.694. The van der Waals surface area contributed by atoms with Gasteiger partial charge in [0.1, 0.15) is 5.15 Å². The second kappa shape index (κ2) is 4.90. The molecule has 2 heterocycles. The van der Waals surface area contributed by atoms with Crippen LogP contribution < -0.4 is 5.43 Å². The molecule has 0 bridgehead atoms. The van der Waals surface area contributed by atoms with E-state index >= 15 is 0 Å². The van der Waals surface area contributed by atoms with Gasteiger partial charge in [-0.2, -0.15) is 0 Å². The van der Waals surface area contributed by atoms with Crippen LogP contribution in [0.15, 0.2) is 23.3 Å². The Morgan fingerprint density at radius 2 is 2.17 bits per heavy atom. The number of carbonyl (C=O) groups is 1. The number of aromatic nitrogens is 2. The molecule has 4 nitrogen and oxygen atoms in total. The SMILES string of the molecule is CCC(=O)c1cn(CC)c2cnc(Cl)cc2c1=O. The zero-order valence-electron chi connectivity index (χ0n) is 10.2. The number of halogens is 1. The molecule has 0 aromatic carbocycles. The third-order valence-corrected chi connectivity index (χ3v) is 3.10. The summed E-state index contributed by atoms with van der Waals surface area (Å²) in [5.41, 5.74) is 0.638. The van der Waals surface area contributed by atoms with E-state index in [2.05, 4.69) is 4.98 Å². The molecular weight excluding hydrogens is 252 g/mol. The van der Waals surface area contributed by atoms with Gasteiger partial charge in [0.2, 0.25) is 0 Å². The van der Waals surface area contributed by atoms with Gasteiger partial charge in [-0.15, -0.1) is 0 Å². The van der Waals surface area contributed by atoms with E-state index < -0.39 is 0 Å². The normalized spacial score (nSPS) is 10.8. The molecule has 0 fully saturated rings. The molecule has 0 aliphatic carbocycles. The summed E-state index contributed by atoms with van der Waals surface area (Å²) in [5.74, 6) is -0.156. The summed E-state index contributed by atoms with van der Waals surface area (Å²) in [6.07, 6.45) is 3.47. The molecule has 0 unspecified atom stereocenters. The number of ketones is 1. The summed E-state index contributed by atoms with van der Waals surface area (Å²) in [6.45, 7) is 4.34. The molecule has 0 atom stereocenters. The molecule has 0 saturated heterocycles. The summed E-state index contributed by atoms with van der Waals surface area (Å²) in [7, 11) is 0. The van der Waals surface area contributed by atoms with Crippen LogP contribution in [0.2, 0.25) is 5.15 Å². The van der Waals surface area contributed by atoms with E-state index in [0.29, 0.717) is 23.9 Å². The van der Waals surface area contributed by atoms with Gasteiger partial charge in [0, 0.05) is 19.2 Å². The van der Waals surface area contributed by atoms with Crippen LogP contribution in [-0.4, -0.2) is 15.3 Å². The Kier molecular flexibility index (Phi) is 3.48. The number of aryl methyl sites for hydroxylation is 1. The van der Waals surface area contributed by atoms with Crippen molar-refractivity contribution in [2.45, 2.75) is 26.8 Å². The number of rotatable bonds is 3. The van der Waals surface area contributed by atoms with Crippen LogP contribution in [0.1, 0.15) is 30.6 Å². The number of Topliss-reactive ketones (excluding diaryl/α,β-unsaturated/α-hetero) is 1. The van der Waals surface area contributed by atoms with E-state index in [-0.39, 0.29) is 21.9 Å². The lowest BCUT2D eigenvalue weighted by molar-refractivity contribution is 0.0986. The van der Waals surface area contributed by atoms with Crippen molar-refractivity contribution in [1.29, 1.82) is 0 Å². The average molecular weight is 265 g/mol. The highest BCUT2D eigenvalue weighted by Gasteiger charge is 2.14. The quantitative estimate of drug-likeness (QED) is 0.633. The fourth-order valence-corrected chi connectivity index (χ4v) is 2.07. The summed E-state index contributed by atoms with van der Waals surface area (Å²) < 4.78 is 1.84. The monoisotopic (exact) mass is 264 g/mol. The Morgan fingerprint density at radius 3 is 2.78 bits per heavy atom. The number of fused-ring (bicyclic) bond motifs is 1. The van der Waals surface area contributed by atoms with Crippen molar-refractivity contribution in [2.24, 2.45) is 0 Å². The van der Waals surface area contributed by atoms with Gasteiger partial charge in [-0.1, -0.05) is 18.5 Å². The number of nitrogens with zero attached hydrogens (tertiary/aromatic N) is 2. The van der Waals surface area contributed by atoms with Crippen LogP contribution in [0.4, 0.5) is 0 Å². The first-order valence-corrected chi connectivity index (χ1v) is 6.18. The van der Waals surface area contributed by atoms with Crippen LogP contribution in [-0.2, 0) is 6.54 Å². The zero-order valence-corrected chi connectivity index (χ0v) is 11.0. The van der Waals surface area contributed by atoms with Crippen molar-refractivity contribution in [2.75, 3.05) is 0 Å². The van der Waals surface area contributed by atoms with E-state index in [9.17, 15) is 9.59 Å². The first-order valence-electron chi connectivity index (χ1n) is 5.80. The Labute approximate surface area is 109 Å². The fourth-order valence-electron chi connectivity index (χ4n) is 1.91. The summed E-state index contributed by atoms with van der Waals surface area (Å²) in [6, 6.07) is 1.51. The first-order chi connectivity index (χ1) is 8.58. The van der Waals surface area contributed by atoms with Gasteiger partial charge in [-0.25, -0.2) is 4.98 Å². The molecule has 2 aromatic heterocycles. The zero-order chi connectivity index (χ0) is 13.3. The Bertz CT molecular complexity index is 676. The van der Waals surface area contributed by atoms with E-state index in [1.807, 2.05) is 11.5 Å². The number of hydrogen-bond donors (Lipinski definition) is 0. The highest BCUT2D eigenvalue weighted by Crippen LogP contribution is 2.15. The van der Waals surface area contributed by atoms with Crippen LogP contribution >= 0.6 is 11.6 Å². The molecule has 2 aromatic rings. The molecule has 2 rings (SSSR count). The van der Waals surface area contributed by atoms with Crippen molar-refractivity contribution >= 4 is 28.3 Å². The molecule has 94 valence electrons. The van der Waals surface area contributed by atoms with Crippen LogP contribution in [0.3, 0.4) is 0 Å². The average Bonchev–Trinajstić information content (AvgIpc) is 2.39. The largest absolute Gasteiger partial charge is 0.346 e. The van der Waals surface area contributed by atoms with Crippen LogP contribution in [0, 0.1) is 0 Å². The van der Waals surface area contributed by atoms with Crippen molar-refractivity contribution in [3.05, 3.63) is 39.4 Å². The third kappa shape index (κ3) is 2.04. The van der Waals surface area contributed by atoms with E-state index in [1.165, 1.54) is 6.07 Å². The molecule has 0 saturated carbocycles. The van der Waals surface area contributed by atoms with E-state index in [4.69, 9.17) is 11.6 Å². The van der Waals surface area contributed by atoms with Gasteiger partial charge in [0.25, 0.3) is 0 Å². The molecule has 18 heavy (non-hydrogen) atoms. The third-order valence-electron chi connectivity index (χ3n) is 2.90. The maximum absolute atomic E-state index is 12.2. The number of hydrogen-bond acceptors (Lipinski definition) is 3. The standard InChI is InChI=1S/C13H13ClN2O2/c1-3-11(17)9-7-16(4-2)10-6-15-12(14)5-8(10)13(9)18/h5-7H,3-4H2,1-2H3. The lowest BCUT2D eigenvalue weighted by Crippen LogP contribution is -2.18. The highest BCUT2D eigenvalue weighted by atomic mass is 35.5. The van der Waals surface area contributed by atoms with Gasteiger partial charge in [0.15, 0.2) is 11.2 Å². The lowest BCUT2D eigenvalue weighted by Gasteiger charge is -2.10. The predicted octanol–water partition coefficient (Wildman–Crippen LogP) is 2.66. The van der Waals surface area contributed by atoms with Crippen LogP contribution in [0.25, 0.3) is 10.9 Å². The number of pyridine rings is 2. The molecule has 0 spiro atoms. The van der Waals surface area contributed by atoms with Crippen molar-refractivity contribution in [1.82, 2.24) is 9.55 Å². The van der Waals surface area contributed by atoms with Gasteiger partial charge in [0.05, 0.1) is 22.7 Å². The minimum atomic E-state index is -0.272. The van der Waals surface area contributed by atoms with Crippen molar-refractivity contribution in [3.63, 3.8) is 0 Å². The second-order valence-electron chi connectivity index (χ2n) is 3.96. The first kappa shape index (κ1) is 12.8. The smallest absolute Gasteiger partial charge is 0.200 e. The van der Waals surface area contributed by atoms with Gasteiger partial charge in [-0.3, -0.25) is 9.59 Å². The molecule has 0 N–H and O–H groups in total. The topological polar surface area (TPSA) is 52.0 Å². The molecule has 0 aliphatic heterocycles. The minimum absolute atomic E-state index is 0.156. The van der Waals surface area contributed by atoms with Gasteiger partial charge >= 0.3 is 0 Å². The Hall–Kier alpha value is -1.68. The van der Waals surface area contributed by atoms with Crippen molar-refractivity contribution < 1.29 is 4.79 Å². The van der Waals surface area contributed by atoms with Crippen LogP contribution in [0.5, 0.6) is 0 Å². The molecule has 0 aliphatic rings. The Morgan fingerprint density at radius 1 is 1.44 bits per heavy atom. The maximum Gasteiger partial charge on any atom is 0.200 e. The lowest BCUT2D eigenvalue weighted by atomic mass is 10.1. The van der Waals surface area contributed by atoms with Gasteiger partial charge in [-0.05, 0) is 13.0 Å². The fraction of sp³-hybridized carbons (Fsp3) is 0.308. The number of carbonyl (C=O) groups excluding carboxylic acids is 1. The van der Waals surface area contributed by atoms with Gasteiger partial charge < -0.3 is 4.57 Å². The summed E-state index contributed by atoms with van der Waals surface area (Å²) in [4.78, 5) is 28.0. The molecule has 5 heteroatoms. The maximum atomic E-state index is 12.2. The van der Waals surface area contributed by atoms with E-state index in [0.717, 1.165) is 0 Å². The Balaban J connectivity index is 2.88.